The lowest BCUT2D eigenvalue weighted by Gasteiger charge is -2.33. The Balaban J connectivity index is 1.91. The zero-order valence-electron chi connectivity index (χ0n) is 16.9. The highest BCUT2D eigenvalue weighted by Crippen LogP contribution is 2.39. The van der Waals surface area contributed by atoms with Crippen molar-refractivity contribution in [2.24, 2.45) is 5.92 Å². The highest BCUT2D eigenvalue weighted by atomic mass is 32.2. The number of carboxylic acid groups (broad SMARTS) is 1. The van der Waals surface area contributed by atoms with Crippen molar-refractivity contribution in [2.45, 2.75) is 37.3 Å². The zero-order chi connectivity index (χ0) is 22.6. The van der Waals surface area contributed by atoms with Gasteiger partial charge in [-0.2, -0.15) is 18.4 Å². The molecule has 0 spiro atoms. The second-order valence-corrected chi connectivity index (χ2v) is 8.15. The average molecular weight is 449 g/mol. The second kappa shape index (κ2) is 9.52. The lowest BCUT2D eigenvalue weighted by molar-refractivity contribution is -0.137. The van der Waals surface area contributed by atoms with E-state index in [1.807, 2.05) is 11.8 Å². The maximum atomic E-state index is 13.3. The molecular weight excluding hydrogens is 427 g/mol. The summed E-state index contributed by atoms with van der Waals surface area (Å²) in [7, 11) is 0. The maximum absolute atomic E-state index is 13.3. The van der Waals surface area contributed by atoms with E-state index in [-0.39, 0.29) is 11.5 Å². The topological polar surface area (TPSA) is 76.4 Å². The number of rotatable bonds is 6. The predicted octanol–water partition coefficient (Wildman–Crippen LogP) is 5.83. The van der Waals surface area contributed by atoms with E-state index in [0.717, 1.165) is 29.6 Å². The third-order valence-corrected chi connectivity index (χ3v) is 6.23. The van der Waals surface area contributed by atoms with Crippen LogP contribution in [0.2, 0.25) is 0 Å². The first-order chi connectivity index (χ1) is 14.7. The molecule has 1 fully saturated rings. The van der Waals surface area contributed by atoms with Gasteiger partial charge in [0.2, 0.25) is 0 Å². The molecule has 31 heavy (non-hydrogen) atoms. The number of aryl methyl sites for hydroxylation is 1. The minimum atomic E-state index is -4.48. The first-order valence-corrected chi connectivity index (χ1v) is 10.7. The monoisotopic (exact) mass is 449 g/mol. The quantitative estimate of drug-likeness (QED) is 0.541. The number of aromatic carboxylic acids is 1. The molecule has 2 aromatic rings. The van der Waals surface area contributed by atoms with E-state index in [0.29, 0.717) is 48.6 Å². The van der Waals surface area contributed by atoms with Gasteiger partial charge in [-0.15, -0.1) is 0 Å². The van der Waals surface area contributed by atoms with Gasteiger partial charge < -0.3 is 14.7 Å². The van der Waals surface area contributed by atoms with Crippen LogP contribution in [0, 0.1) is 17.2 Å². The summed E-state index contributed by atoms with van der Waals surface area (Å²) >= 11 is 1.10. The number of hydrogen-bond acceptors (Lipinski definition) is 5. The Morgan fingerprint density at radius 3 is 2.55 bits per heavy atom. The fourth-order valence-electron chi connectivity index (χ4n) is 3.50. The molecule has 1 saturated heterocycles. The van der Waals surface area contributed by atoms with E-state index in [1.54, 1.807) is 6.07 Å². The number of nitrogens with zero attached hydrogens (tertiary/aromatic N) is 2. The third-order valence-electron chi connectivity index (χ3n) is 5.31. The van der Waals surface area contributed by atoms with Crippen molar-refractivity contribution in [1.82, 2.24) is 0 Å². The van der Waals surface area contributed by atoms with Crippen LogP contribution in [0.15, 0.2) is 41.3 Å². The van der Waals surface area contributed by atoms with Crippen LogP contribution in [0.4, 0.5) is 24.5 Å². The molecule has 0 radical (unpaired) electrons. The summed E-state index contributed by atoms with van der Waals surface area (Å²) in [6.45, 7) is 3.09. The van der Waals surface area contributed by atoms with Crippen molar-refractivity contribution in [3.8, 4) is 6.07 Å². The Labute approximate surface area is 183 Å². The summed E-state index contributed by atoms with van der Waals surface area (Å²) in [5.74, 6) is -1.10. The van der Waals surface area contributed by atoms with Gasteiger partial charge in [0.05, 0.1) is 28.6 Å². The number of hydrogen-bond donors (Lipinski definition) is 2. The van der Waals surface area contributed by atoms with Crippen molar-refractivity contribution in [2.75, 3.05) is 22.7 Å². The van der Waals surface area contributed by atoms with Crippen LogP contribution in [-0.4, -0.2) is 24.2 Å². The summed E-state index contributed by atoms with van der Waals surface area (Å²) in [6, 6.07) is 10.6. The summed E-state index contributed by atoms with van der Waals surface area (Å²) in [4.78, 5) is 13.9. The van der Waals surface area contributed by atoms with Crippen LogP contribution in [-0.2, 0) is 12.6 Å². The molecule has 164 valence electrons. The molecule has 0 atom stereocenters. The molecule has 0 aliphatic carbocycles. The van der Waals surface area contributed by atoms with E-state index in [2.05, 4.69) is 10.8 Å². The van der Waals surface area contributed by atoms with Crippen molar-refractivity contribution in [3.63, 3.8) is 0 Å². The lowest BCUT2D eigenvalue weighted by Crippen LogP contribution is -2.33. The number of alkyl halides is 3. The van der Waals surface area contributed by atoms with Crippen LogP contribution >= 0.6 is 11.9 Å². The summed E-state index contributed by atoms with van der Waals surface area (Å²) in [6.07, 6.45) is -2.51. The molecule has 5 nitrogen and oxygen atoms in total. The van der Waals surface area contributed by atoms with Crippen LogP contribution in [0.1, 0.15) is 41.3 Å². The fraction of sp³-hybridized carbons (Fsp3) is 0.364. The Morgan fingerprint density at radius 1 is 1.26 bits per heavy atom. The van der Waals surface area contributed by atoms with E-state index in [4.69, 9.17) is 5.26 Å². The number of benzene rings is 2. The number of anilines is 2. The van der Waals surface area contributed by atoms with Crippen LogP contribution in [0.25, 0.3) is 0 Å². The van der Waals surface area contributed by atoms with E-state index in [9.17, 15) is 23.1 Å². The molecule has 0 aromatic heterocycles. The van der Waals surface area contributed by atoms with Crippen molar-refractivity contribution >= 4 is 29.3 Å². The summed E-state index contributed by atoms with van der Waals surface area (Å²) in [5, 5.41) is 18.4. The van der Waals surface area contributed by atoms with E-state index < -0.39 is 17.7 Å². The Hall–Kier alpha value is -2.86. The van der Waals surface area contributed by atoms with Gasteiger partial charge in [-0.1, -0.05) is 13.0 Å². The molecule has 1 aliphatic heterocycles. The van der Waals surface area contributed by atoms with Crippen LogP contribution < -0.4 is 9.62 Å². The molecule has 9 heteroatoms. The number of carboxylic acids is 1. The van der Waals surface area contributed by atoms with Crippen molar-refractivity contribution in [1.29, 1.82) is 5.26 Å². The van der Waals surface area contributed by atoms with Gasteiger partial charge in [0, 0.05) is 23.9 Å². The number of nitriles is 1. The average Bonchev–Trinajstić information content (AvgIpc) is 2.76. The number of nitrogens with one attached hydrogen (secondary N) is 1. The third kappa shape index (κ3) is 5.44. The standard InChI is InChI=1S/C22H22F3N3O2S/c1-2-15-3-4-16(21(29)30)11-20(15)31-27-18-12-17(22(23,24)25)5-6-19(18)28-9-7-14(13-26)8-10-28/h3-6,11-12,14,27H,2,7-10H2,1H3,(H,29,30). The first kappa shape index (κ1) is 22.8. The normalized spacial score (nSPS) is 14.9. The van der Waals surface area contributed by atoms with Gasteiger partial charge >= 0.3 is 12.1 Å². The second-order valence-electron chi connectivity index (χ2n) is 7.31. The fourth-order valence-corrected chi connectivity index (χ4v) is 4.42. The number of halogens is 3. The van der Waals surface area contributed by atoms with Gasteiger partial charge in [-0.3, -0.25) is 0 Å². The maximum Gasteiger partial charge on any atom is 0.416 e. The Bertz CT molecular complexity index is 996. The number of piperidine rings is 1. The molecule has 0 amide bonds. The number of carbonyl (C=O) groups is 1. The predicted molar refractivity (Wildman–Crippen MR) is 114 cm³/mol. The van der Waals surface area contributed by atoms with Gasteiger partial charge in [-0.25, -0.2) is 4.79 Å². The molecule has 2 N–H and O–H groups in total. The zero-order valence-corrected chi connectivity index (χ0v) is 17.7. The SMILES string of the molecule is CCc1ccc(C(=O)O)cc1SNc1cc(C(F)(F)F)ccc1N1CCC(C#N)CC1. The van der Waals surface area contributed by atoms with Gasteiger partial charge in [0.15, 0.2) is 0 Å². The van der Waals surface area contributed by atoms with Crippen LogP contribution in [0.5, 0.6) is 0 Å². The Morgan fingerprint density at radius 2 is 1.97 bits per heavy atom. The summed E-state index contributed by atoms with van der Waals surface area (Å²) < 4.78 is 43.0. The van der Waals surface area contributed by atoms with Crippen LogP contribution in [0.3, 0.4) is 0 Å². The van der Waals surface area contributed by atoms with E-state index in [1.165, 1.54) is 18.2 Å². The molecule has 0 unspecified atom stereocenters. The molecule has 1 heterocycles. The molecular formula is C22H22F3N3O2S. The van der Waals surface area contributed by atoms with Gasteiger partial charge in [0.1, 0.15) is 0 Å². The largest absolute Gasteiger partial charge is 0.478 e. The molecule has 3 rings (SSSR count). The van der Waals surface area contributed by atoms with Crippen molar-refractivity contribution in [3.05, 3.63) is 53.1 Å². The smallest absolute Gasteiger partial charge is 0.416 e. The minimum Gasteiger partial charge on any atom is -0.478 e. The minimum absolute atomic E-state index is 0.0395. The van der Waals surface area contributed by atoms with Crippen molar-refractivity contribution < 1.29 is 23.1 Å². The molecule has 0 bridgehead atoms. The lowest BCUT2D eigenvalue weighted by atomic mass is 9.98. The highest BCUT2D eigenvalue weighted by Gasteiger charge is 2.32. The van der Waals surface area contributed by atoms with E-state index >= 15 is 0 Å². The molecule has 2 aromatic carbocycles. The highest BCUT2D eigenvalue weighted by molar-refractivity contribution is 8.00. The summed E-state index contributed by atoms with van der Waals surface area (Å²) in [5.41, 5.74) is 1.18. The molecule has 0 saturated carbocycles. The molecule has 1 aliphatic rings. The van der Waals surface area contributed by atoms with Gasteiger partial charge in [0.25, 0.3) is 0 Å². The first-order valence-electron chi connectivity index (χ1n) is 9.87. The Kier molecular flexibility index (Phi) is 7.01. The van der Waals surface area contributed by atoms with Gasteiger partial charge in [-0.05, 0) is 67.1 Å².